The van der Waals surface area contributed by atoms with Gasteiger partial charge in [0, 0.05) is 0 Å². The Morgan fingerprint density at radius 1 is 0.906 bits per heavy atom. The molecule has 3 aliphatic carbocycles. The second-order valence-corrected chi connectivity index (χ2v) is 10.6. The highest BCUT2D eigenvalue weighted by Gasteiger charge is 2.46. The fourth-order valence-electron chi connectivity index (χ4n) is 7.11. The molecule has 2 saturated carbocycles. The summed E-state index contributed by atoms with van der Waals surface area (Å²) in [5.41, 5.74) is 0.826. The molecular weight excluding hydrogens is 416 g/mol. The molecule has 6 unspecified atom stereocenters. The molecule has 0 radical (unpaired) electrons. The fourth-order valence-corrected chi connectivity index (χ4v) is 7.11. The van der Waals surface area contributed by atoms with Gasteiger partial charge >= 0.3 is 6.36 Å². The largest absolute Gasteiger partial charge is 0.523 e. The van der Waals surface area contributed by atoms with Gasteiger partial charge < -0.3 is 0 Å². The monoisotopic (exact) mass is 454 g/mol. The number of rotatable bonds is 7. The Balaban J connectivity index is 1.41. The lowest BCUT2D eigenvalue weighted by molar-refractivity contribution is -0.354. The lowest BCUT2D eigenvalue weighted by atomic mass is 9.60. The second kappa shape index (κ2) is 10.4. The maximum absolute atomic E-state index is 14.3. The third kappa shape index (κ3) is 5.69. The Hall–Kier alpha value is -1.10. The predicted octanol–water partition coefficient (Wildman–Crippen LogP) is 8.77. The maximum Gasteiger partial charge on any atom is 0.523 e. The van der Waals surface area contributed by atoms with Crippen molar-refractivity contribution in [1.29, 1.82) is 0 Å². The molecule has 32 heavy (non-hydrogen) atoms. The van der Waals surface area contributed by atoms with Crippen LogP contribution in [0.3, 0.4) is 0 Å². The third-order valence-electron chi connectivity index (χ3n) is 8.67. The average Bonchev–Trinajstić information content (AvgIpc) is 2.76. The maximum atomic E-state index is 14.3. The quantitative estimate of drug-likeness (QED) is 0.295. The van der Waals surface area contributed by atoms with Gasteiger partial charge in [0.1, 0.15) is 5.82 Å². The average molecular weight is 455 g/mol. The topological polar surface area (TPSA) is 9.23 Å². The van der Waals surface area contributed by atoms with Crippen molar-refractivity contribution in [2.24, 2.45) is 29.6 Å². The summed E-state index contributed by atoms with van der Waals surface area (Å²) in [6.07, 6.45) is 8.87. The van der Waals surface area contributed by atoms with Gasteiger partial charge in [0.25, 0.3) is 0 Å². The minimum absolute atomic E-state index is 0.182. The second-order valence-electron chi connectivity index (χ2n) is 10.6. The first-order valence-corrected chi connectivity index (χ1v) is 12.9. The SMILES string of the molecule is CCCCCCC1CCC2CC(C3CCc4c(F)cccc4C3OC(F)(F)F)CCC2C1. The van der Waals surface area contributed by atoms with E-state index in [2.05, 4.69) is 11.7 Å². The van der Waals surface area contributed by atoms with E-state index in [1.165, 1.54) is 63.5 Å². The van der Waals surface area contributed by atoms with Crippen molar-refractivity contribution < 1.29 is 22.3 Å². The van der Waals surface area contributed by atoms with Crippen LogP contribution in [0.2, 0.25) is 0 Å². The smallest absolute Gasteiger partial charge is 0.283 e. The van der Waals surface area contributed by atoms with Crippen LogP contribution in [0.5, 0.6) is 0 Å². The van der Waals surface area contributed by atoms with E-state index in [-0.39, 0.29) is 11.8 Å². The number of fused-ring (bicyclic) bond motifs is 2. The van der Waals surface area contributed by atoms with Gasteiger partial charge in [-0.2, -0.15) is 0 Å². The van der Waals surface area contributed by atoms with E-state index in [9.17, 15) is 17.6 Å². The molecule has 0 N–H and O–H groups in total. The van der Waals surface area contributed by atoms with Gasteiger partial charge in [-0.05, 0) is 91.7 Å². The molecule has 0 aromatic heterocycles. The van der Waals surface area contributed by atoms with Crippen LogP contribution in [0.4, 0.5) is 17.6 Å². The summed E-state index contributed by atoms with van der Waals surface area (Å²) < 4.78 is 58.9. The van der Waals surface area contributed by atoms with Gasteiger partial charge in [-0.1, -0.05) is 57.6 Å². The zero-order valence-corrected chi connectivity index (χ0v) is 19.3. The number of alkyl halides is 3. The van der Waals surface area contributed by atoms with Crippen LogP contribution in [-0.2, 0) is 11.2 Å². The Labute approximate surface area is 190 Å². The number of unbranched alkanes of at least 4 members (excludes halogenated alkanes) is 3. The molecule has 0 bridgehead atoms. The first-order valence-electron chi connectivity index (χ1n) is 12.9. The summed E-state index contributed by atoms with van der Waals surface area (Å²) in [5, 5.41) is 0. The minimum Gasteiger partial charge on any atom is -0.283 e. The van der Waals surface area contributed by atoms with Crippen LogP contribution in [0.15, 0.2) is 18.2 Å². The molecule has 0 amide bonds. The number of benzene rings is 1. The Morgan fingerprint density at radius 3 is 2.44 bits per heavy atom. The molecule has 1 aromatic rings. The Morgan fingerprint density at radius 2 is 1.66 bits per heavy atom. The number of ether oxygens (including phenoxy) is 1. The van der Waals surface area contributed by atoms with Crippen LogP contribution >= 0.6 is 0 Å². The van der Waals surface area contributed by atoms with Crippen LogP contribution < -0.4 is 0 Å². The number of hydrogen-bond donors (Lipinski definition) is 0. The zero-order chi connectivity index (χ0) is 22.7. The van der Waals surface area contributed by atoms with Gasteiger partial charge in [0.05, 0.1) is 6.10 Å². The van der Waals surface area contributed by atoms with Crippen molar-refractivity contribution in [1.82, 2.24) is 0 Å². The molecule has 0 saturated heterocycles. The van der Waals surface area contributed by atoms with E-state index in [0.29, 0.717) is 29.9 Å². The first-order chi connectivity index (χ1) is 15.4. The van der Waals surface area contributed by atoms with Crippen LogP contribution in [-0.4, -0.2) is 6.36 Å². The molecule has 180 valence electrons. The van der Waals surface area contributed by atoms with E-state index in [1.54, 1.807) is 6.07 Å². The summed E-state index contributed by atoms with van der Waals surface area (Å²) >= 11 is 0. The van der Waals surface area contributed by atoms with Gasteiger partial charge in [-0.3, -0.25) is 4.74 Å². The van der Waals surface area contributed by atoms with Gasteiger partial charge in [0.15, 0.2) is 0 Å². The summed E-state index contributed by atoms with van der Waals surface area (Å²) in [7, 11) is 0. The normalized spacial score (nSPS) is 32.9. The molecular formula is C27H38F4O. The van der Waals surface area contributed by atoms with Gasteiger partial charge in [-0.15, -0.1) is 13.2 Å². The van der Waals surface area contributed by atoms with E-state index in [0.717, 1.165) is 31.1 Å². The fraction of sp³-hybridized carbons (Fsp3) is 0.778. The van der Waals surface area contributed by atoms with Crippen LogP contribution in [0, 0.1) is 35.4 Å². The first kappa shape index (κ1) is 24.0. The van der Waals surface area contributed by atoms with E-state index < -0.39 is 18.3 Å². The van der Waals surface area contributed by atoms with Crippen molar-refractivity contribution in [2.75, 3.05) is 0 Å². The minimum atomic E-state index is -4.71. The van der Waals surface area contributed by atoms with Crippen molar-refractivity contribution in [3.05, 3.63) is 35.1 Å². The van der Waals surface area contributed by atoms with Gasteiger partial charge in [0.2, 0.25) is 0 Å². The molecule has 0 spiro atoms. The molecule has 1 aromatic carbocycles. The summed E-state index contributed by atoms with van der Waals surface area (Å²) in [6, 6.07) is 4.49. The highest BCUT2D eigenvalue weighted by atomic mass is 19.4. The third-order valence-corrected chi connectivity index (χ3v) is 8.67. The molecule has 5 heteroatoms. The Kier molecular flexibility index (Phi) is 7.85. The number of halogens is 4. The van der Waals surface area contributed by atoms with E-state index in [1.807, 2.05) is 0 Å². The summed E-state index contributed by atoms with van der Waals surface area (Å²) in [4.78, 5) is 0. The molecule has 0 aliphatic heterocycles. The van der Waals surface area contributed by atoms with E-state index >= 15 is 0 Å². The summed E-state index contributed by atoms with van der Waals surface area (Å²) in [5.74, 6) is 1.88. The molecule has 3 aliphatic rings. The molecule has 0 heterocycles. The van der Waals surface area contributed by atoms with Crippen LogP contribution in [0.1, 0.15) is 101 Å². The standard InChI is InChI=1S/C27H38F4O/c1-2-3-4-5-7-18-10-11-20-17-21(13-12-19(20)16-18)22-14-15-23-24(8-6-9-25(23)28)26(22)32-27(29,30)31/h6,8-9,18-22,26H,2-5,7,10-17H2,1H3. The lowest BCUT2D eigenvalue weighted by Crippen LogP contribution is -2.38. The highest BCUT2D eigenvalue weighted by Crippen LogP contribution is 2.52. The molecule has 1 nitrogen and oxygen atoms in total. The summed E-state index contributed by atoms with van der Waals surface area (Å²) in [6.45, 7) is 2.25. The van der Waals surface area contributed by atoms with Crippen molar-refractivity contribution >= 4 is 0 Å². The molecule has 2 fully saturated rings. The van der Waals surface area contributed by atoms with Crippen molar-refractivity contribution in [2.45, 2.75) is 103 Å². The van der Waals surface area contributed by atoms with Crippen LogP contribution in [0.25, 0.3) is 0 Å². The highest BCUT2D eigenvalue weighted by molar-refractivity contribution is 5.33. The van der Waals surface area contributed by atoms with Gasteiger partial charge in [-0.25, -0.2) is 4.39 Å². The van der Waals surface area contributed by atoms with Crippen molar-refractivity contribution in [3.8, 4) is 0 Å². The Bertz CT molecular complexity index is 746. The predicted molar refractivity (Wildman–Crippen MR) is 119 cm³/mol. The molecule has 4 rings (SSSR count). The van der Waals surface area contributed by atoms with E-state index in [4.69, 9.17) is 0 Å². The number of hydrogen-bond acceptors (Lipinski definition) is 1. The lowest BCUT2D eigenvalue weighted by Gasteiger charge is -2.46. The van der Waals surface area contributed by atoms with Crippen molar-refractivity contribution in [3.63, 3.8) is 0 Å². The zero-order valence-electron chi connectivity index (χ0n) is 19.3. The molecule has 6 atom stereocenters.